The lowest BCUT2D eigenvalue weighted by Crippen LogP contribution is -2.56. The summed E-state index contributed by atoms with van der Waals surface area (Å²) < 4.78 is 5.67. The molecular formula is C18H23ClN2O4. The third-order valence-electron chi connectivity index (χ3n) is 5.02. The maximum Gasteiger partial charge on any atom is 0.317 e. The first-order chi connectivity index (χ1) is 12.0. The Morgan fingerprint density at radius 2 is 2.16 bits per heavy atom. The average Bonchev–Trinajstić information content (AvgIpc) is 2.54. The average molecular weight is 367 g/mol. The highest BCUT2D eigenvalue weighted by molar-refractivity contribution is 6.30. The van der Waals surface area contributed by atoms with E-state index >= 15 is 0 Å². The van der Waals surface area contributed by atoms with Crippen LogP contribution in [0.5, 0.6) is 5.75 Å². The number of hydrogen-bond donors (Lipinski definition) is 2. The number of nitrogens with zero attached hydrogens (tertiary/aromatic N) is 1. The molecule has 2 N–H and O–H groups in total. The minimum absolute atomic E-state index is 0.00430. The van der Waals surface area contributed by atoms with E-state index in [1.807, 2.05) is 24.0 Å². The standard InChI is InChI=1S/C18H23ClN2O4/c1-2-21(9-17(22)23)15-7-14(8-15)20-18(24)12-5-11-6-13(19)3-4-16(11)25-10-12/h3-4,6,12,14-15H,2,5,7-10H2,1H3,(H,20,24)(H,22,23). The summed E-state index contributed by atoms with van der Waals surface area (Å²) in [5.74, 6) is -0.239. The molecule has 1 amide bonds. The maximum atomic E-state index is 12.5. The van der Waals surface area contributed by atoms with Crippen molar-refractivity contribution in [3.63, 3.8) is 0 Å². The van der Waals surface area contributed by atoms with Gasteiger partial charge in [0.1, 0.15) is 12.4 Å². The van der Waals surface area contributed by atoms with Gasteiger partial charge in [-0.15, -0.1) is 0 Å². The fourth-order valence-electron chi connectivity index (χ4n) is 3.53. The molecule has 2 aliphatic rings. The summed E-state index contributed by atoms with van der Waals surface area (Å²) in [5, 5.41) is 12.6. The van der Waals surface area contributed by atoms with Crippen molar-refractivity contribution in [3.8, 4) is 5.75 Å². The number of aliphatic carboxylic acids is 1. The Kier molecular flexibility index (Phi) is 5.49. The zero-order valence-corrected chi connectivity index (χ0v) is 15.0. The summed E-state index contributed by atoms with van der Waals surface area (Å²) in [7, 11) is 0. The lowest BCUT2D eigenvalue weighted by Gasteiger charge is -2.42. The Hall–Kier alpha value is -1.79. The molecule has 1 aliphatic heterocycles. The van der Waals surface area contributed by atoms with Gasteiger partial charge in [0.2, 0.25) is 5.91 Å². The third-order valence-corrected chi connectivity index (χ3v) is 5.26. The first-order valence-electron chi connectivity index (χ1n) is 8.63. The second-order valence-corrected chi connectivity index (χ2v) is 7.19. The van der Waals surface area contributed by atoms with Gasteiger partial charge in [-0.2, -0.15) is 0 Å². The summed E-state index contributed by atoms with van der Waals surface area (Å²) in [4.78, 5) is 25.3. The van der Waals surface area contributed by atoms with E-state index in [-0.39, 0.29) is 30.5 Å². The number of amides is 1. The van der Waals surface area contributed by atoms with Crippen LogP contribution in [-0.2, 0) is 16.0 Å². The van der Waals surface area contributed by atoms with Crippen molar-refractivity contribution in [2.24, 2.45) is 5.92 Å². The molecule has 0 radical (unpaired) electrons. The summed E-state index contributed by atoms with van der Waals surface area (Å²) in [5.41, 5.74) is 0.962. The molecule has 3 rings (SSSR count). The highest BCUT2D eigenvalue weighted by Crippen LogP contribution is 2.31. The van der Waals surface area contributed by atoms with E-state index in [0.29, 0.717) is 24.6 Å². The molecule has 7 heteroatoms. The summed E-state index contributed by atoms with van der Waals surface area (Å²) >= 11 is 6.01. The predicted molar refractivity (Wildman–Crippen MR) is 94.0 cm³/mol. The zero-order chi connectivity index (χ0) is 18.0. The molecule has 1 unspecified atom stereocenters. The van der Waals surface area contributed by atoms with Gasteiger partial charge in [0.15, 0.2) is 0 Å². The second-order valence-electron chi connectivity index (χ2n) is 6.75. The predicted octanol–water partition coefficient (Wildman–Crippen LogP) is 1.94. The van der Waals surface area contributed by atoms with E-state index in [0.717, 1.165) is 24.2 Å². The molecule has 1 aromatic rings. The smallest absolute Gasteiger partial charge is 0.317 e. The highest BCUT2D eigenvalue weighted by Gasteiger charge is 2.36. The molecule has 0 spiro atoms. The largest absolute Gasteiger partial charge is 0.492 e. The summed E-state index contributed by atoms with van der Waals surface area (Å²) in [6.07, 6.45) is 2.21. The number of carbonyl (C=O) groups excluding carboxylic acids is 1. The molecule has 1 aliphatic carbocycles. The van der Waals surface area contributed by atoms with Crippen LogP contribution in [-0.4, -0.2) is 53.7 Å². The molecule has 0 bridgehead atoms. The van der Waals surface area contributed by atoms with Crippen molar-refractivity contribution in [3.05, 3.63) is 28.8 Å². The lowest BCUT2D eigenvalue weighted by atomic mass is 9.84. The quantitative estimate of drug-likeness (QED) is 0.804. The molecular weight excluding hydrogens is 344 g/mol. The summed E-state index contributed by atoms with van der Waals surface area (Å²) in [6.45, 7) is 3.08. The number of carboxylic acid groups (broad SMARTS) is 1. The first-order valence-corrected chi connectivity index (χ1v) is 9.01. The highest BCUT2D eigenvalue weighted by atomic mass is 35.5. The number of nitrogens with one attached hydrogen (secondary N) is 1. The minimum atomic E-state index is -0.814. The van der Waals surface area contributed by atoms with Crippen molar-refractivity contribution in [1.82, 2.24) is 10.2 Å². The molecule has 25 heavy (non-hydrogen) atoms. The van der Waals surface area contributed by atoms with E-state index < -0.39 is 5.97 Å². The van der Waals surface area contributed by atoms with Crippen LogP contribution in [0.3, 0.4) is 0 Å². The zero-order valence-electron chi connectivity index (χ0n) is 14.2. The Balaban J connectivity index is 1.49. The molecule has 1 aromatic carbocycles. The van der Waals surface area contributed by atoms with Gasteiger partial charge >= 0.3 is 5.97 Å². The van der Waals surface area contributed by atoms with Crippen LogP contribution in [0.15, 0.2) is 18.2 Å². The molecule has 6 nitrogen and oxygen atoms in total. The van der Waals surface area contributed by atoms with E-state index in [9.17, 15) is 9.59 Å². The number of likely N-dealkylation sites (N-methyl/N-ethyl adjacent to an activating group) is 1. The van der Waals surface area contributed by atoms with Gasteiger partial charge in [-0.1, -0.05) is 18.5 Å². The van der Waals surface area contributed by atoms with Crippen LogP contribution in [0, 0.1) is 5.92 Å². The van der Waals surface area contributed by atoms with Crippen LogP contribution in [0.1, 0.15) is 25.3 Å². The molecule has 1 fully saturated rings. The van der Waals surface area contributed by atoms with Crippen LogP contribution in [0.4, 0.5) is 0 Å². The molecule has 0 aromatic heterocycles. The number of benzene rings is 1. The monoisotopic (exact) mass is 366 g/mol. The van der Waals surface area contributed by atoms with Crippen LogP contribution in [0.2, 0.25) is 5.02 Å². The molecule has 1 saturated carbocycles. The van der Waals surface area contributed by atoms with E-state index in [4.69, 9.17) is 21.4 Å². The second kappa shape index (κ2) is 7.62. The van der Waals surface area contributed by atoms with Gasteiger partial charge in [-0.05, 0) is 49.6 Å². The van der Waals surface area contributed by atoms with E-state index in [2.05, 4.69) is 5.32 Å². The molecule has 136 valence electrons. The molecule has 0 saturated heterocycles. The van der Waals surface area contributed by atoms with Crippen molar-refractivity contribution >= 4 is 23.5 Å². The summed E-state index contributed by atoms with van der Waals surface area (Å²) in [6, 6.07) is 5.81. The van der Waals surface area contributed by atoms with Gasteiger partial charge in [0.05, 0.1) is 12.5 Å². The van der Waals surface area contributed by atoms with Gasteiger partial charge in [0.25, 0.3) is 0 Å². The number of hydrogen-bond acceptors (Lipinski definition) is 4. The lowest BCUT2D eigenvalue weighted by molar-refractivity contribution is -0.140. The van der Waals surface area contributed by atoms with Crippen LogP contribution in [0.25, 0.3) is 0 Å². The Morgan fingerprint density at radius 1 is 1.40 bits per heavy atom. The van der Waals surface area contributed by atoms with Crippen molar-refractivity contribution in [1.29, 1.82) is 0 Å². The Bertz CT molecular complexity index is 660. The number of halogens is 1. The van der Waals surface area contributed by atoms with Gasteiger partial charge < -0.3 is 15.2 Å². The number of fused-ring (bicyclic) bond motifs is 1. The van der Waals surface area contributed by atoms with Gasteiger partial charge in [-0.25, -0.2) is 0 Å². The van der Waals surface area contributed by atoms with Gasteiger partial charge in [-0.3, -0.25) is 14.5 Å². The fraction of sp³-hybridized carbons (Fsp3) is 0.556. The SMILES string of the molecule is CCN(CC(=O)O)C1CC(NC(=O)C2COc3ccc(Cl)cc3C2)C1. The fourth-order valence-corrected chi connectivity index (χ4v) is 3.72. The maximum absolute atomic E-state index is 12.5. The Labute approximate surface area is 152 Å². The number of rotatable bonds is 6. The minimum Gasteiger partial charge on any atom is -0.492 e. The third kappa shape index (κ3) is 4.25. The topological polar surface area (TPSA) is 78.9 Å². The van der Waals surface area contributed by atoms with E-state index in [1.165, 1.54) is 0 Å². The number of carbonyl (C=O) groups is 2. The van der Waals surface area contributed by atoms with Crippen molar-refractivity contribution in [2.75, 3.05) is 19.7 Å². The number of carboxylic acids is 1. The molecule has 1 heterocycles. The van der Waals surface area contributed by atoms with Gasteiger partial charge in [0, 0.05) is 17.1 Å². The van der Waals surface area contributed by atoms with Crippen LogP contribution >= 0.6 is 11.6 Å². The van der Waals surface area contributed by atoms with Crippen LogP contribution < -0.4 is 10.1 Å². The van der Waals surface area contributed by atoms with Crippen molar-refractivity contribution < 1.29 is 19.4 Å². The Morgan fingerprint density at radius 3 is 2.84 bits per heavy atom. The van der Waals surface area contributed by atoms with E-state index in [1.54, 1.807) is 6.07 Å². The normalized spacial score (nSPS) is 24.8. The number of ether oxygens (including phenoxy) is 1. The van der Waals surface area contributed by atoms with Crippen molar-refractivity contribution in [2.45, 2.75) is 38.3 Å². The first kappa shape index (κ1) is 18.0. The molecule has 1 atom stereocenters.